The lowest BCUT2D eigenvalue weighted by atomic mass is 9.98. The van der Waals surface area contributed by atoms with Crippen LogP contribution < -0.4 is 5.32 Å². The number of amides is 1. The summed E-state index contributed by atoms with van der Waals surface area (Å²) in [6.45, 7) is 7.83. The molecule has 0 saturated heterocycles. The maximum absolute atomic E-state index is 12.7. The maximum atomic E-state index is 12.7. The van der Waals surface area contributed by atoms with Gasteiger partial charge in [-0.15, -0.1) is 0 Å². The first-order valence-corrected chi connectivity index (χ1v) is 10.3. The van der Waals surface area contributed by atoms with Gasteiger partial charge in [-0.3, -0.25) is 4.79 Å². The Morgan fingerprint density at radius 1 is 1.43 bits per heavy atom. The molecule has 0 spiro atoms. The zero-order chi connectivity index (χ0) is 20.3. The number of carbonyl (C=O) groups excluding carboxylic acids is 2. The SMILES string of the molecule is CCOC(=O)C1=C(C)N=C2SC=C(CC(=O)NC(C)CC)N2C1c1ccco1. The number of fused-ring (bicyclic) bond motifs is 1. The van der Waals surface area contributed by atoms with Gasteiger partial charge < -0.3 is 19.4 Å². The molecule has 1 N–H and O–H groups in total. The summed E-state index contributed by atoms with van der Waals surface area (Å²) in [5.74, 6) is 0.111. The van der Waals surface area contributed by atoms with Crippen LogP contribution in [0.25, 0.3) is 0 Å². The van der Waals surface area contributed by atoms with Crippen LogP contribution in [0.15, 0.2) is 50.2 Å². The van der Waals surface area contributed by atoms with Crippen LogP contribution in [0.3, 0.4) is 0 Å². The van der Waals surface area contributed by atoms with Crippen LogP contribution in [0.4, 0.5) is 0 Å². The minimum absolute atomic E-state index is 0.0652. The third-order valence-electron chi connectivity index (χ3n) is 4.67. The molecule has 150 valence electrons. The summed E-state index contributed by atoms with van der Waals surface area (Å²) < 4.78 is 10.9. The van der Waals surface area contributed by atoms with Crippen molar-refractivity contribution in [2.45, 2.75) is 52.6 Å². The molecule has 2 atom stereocenters. The van der Waals surface area contributed by atoms with Gasteiger partial charge in [0.15, 0.2) is 5.17 Å². The van der Waals surface area contributed by atoms with Gasteiger partial charge >= 0.3 is 5.97 Å². The van der Waals surface area contributed by atoms with Crippen LogP contribution >= 0.6 is 11.8 Å². The van der Waals surface area contributed by atoms with Crippen LogP contribution in [-0.2, 0) is 14.3 Å². The fourth-order valence-electron chi connectivity index (χ4n) is 3.15. The summed E-state index contributed by atoms with van der Waals surface area (Å²) in [7, 11) is 0. The quantitative estimate of drug-likeness (QED) is 0.699. The molecule has 1 aromatic rings. The molecule has 0 bridgehead atoms. The molecule has 1 amide bonds. The van der Waals surface area contributed by atoms with E-state index in [1.807, 2.05) is 30.2 Å². The molecule has 3 heterocycles. The highest BCUT2D eigenvalue weighted by Gasteiger charge is 2.42. The van der Waals surface area contributed by atoms with Gasteiger partial charge in [0.25, 0.3) is 0 Å². The number of hydrogen-bond acceptors (Lipinski definition) is 7. The summed E-state index contributed by atoms with van der Waals surface area (Å²) in [6.07, 6.45) is 2.63. The number of carbonyl (C=O) groups is 2. The van der Waals surface area contributed by atoms with E-state index in [1.54, 1.807) is 26.2 Å². The smallest absolute Gasteiger partial charge is 0.338 e. The van der Waals surface area contributed by atoms with E-state index in [0.29, 0.717) is 17.0 Å². The zero-order valence-corrected chi connectivity index (χ0v) is 17.3. The number of aliphatic imine (C=N–C) groups is 1. The Kier molecular flexibility index (Phi) is 6.28. The molecule has 0 fully saturated rings. The predicted octanol–water partition coefficient (Wildman–Crippen LogP) is 3.72. The van der Waals surface area contributed by atoms with Gasteiger partial charge in [0.2, 0.25) is 5.91 Å². The Hall–Kier alpha value is -2.48. The molecule has 0 aromatic carbocycles. The molecule has 0 aliphatic carbocycles. The van der Waals surface area contributed by atoms with Crippen LogP contribution in [0.5, 0.6) is 0 Å². The van der Waals surface area contributed by atoms with Crippen molar-refractivity contribution in [3.05, 3.63) is 46.5 Å². The molecule has 2 unspecified atom stereocenters. The van der Waals surface area contributed by atoms with Crippen molar-refractivity contribution in [2.24, 2.45) is 4.99 Å². The van der Waals surface area contributed by atoms with Crippen LogP contribution in [-0.4, -0.2) is 34.6 Å². The summed E-state index contributed by atoms with van der Waals surface area (Å²) in [5, 5.41) is 5.61. The Labute approximate surface area is 168 Å². The molecule has 2 aliphatic heterocycles. The summed E-state index contributed by atoms with van der Waals surface area (Å²) in [6, 6.07) is 3.19. The number of nitrogens with one attached hydrogen (secondary N) is 1. The number of rotatable bonds is 7. The lowest BCUT2D eigenvalue weighted by Crippen LogP contribution is -2.39. The van der Waals surface area contributed by atoms with Crippen molar-refractivity contribution in [1.82, 2.24) is 10.2 Å². The Balaban J connectivity index is 1.94. The van der Waals surface area contributed by atoms with E-state index < -0.39 is 12.0 Å². The number of esters is 1. The number of ether oxygens (including phenoxy) is 1. The van der Waals surface area contributed by atoms with Crippen molar-refractivity contribution in [1.29, 1.82) is 0 Å². The first-order valence-electron chi connectivity index (χ1n) is 9.40. The van der Waals surface area contributed by atoms with Crippen LogP contribution in [0, 0.1) is 0 Å². The van der Waals surface area contributed by atoms with E-state index in [-0.39, 0.29) is 25.0 Å². The second-order valence-corrected chi connectivity index (χ2v) is 7.52. The van der Waals surface area contributed by atoms with E-state index in [0.717, 1.165) is 17.3 Å². The van der Waals surface area contributed by atoms with Crippen molar-refractivity contribution >= 4 is 28.8 Å². The standard InChI is InChI=1S/C20H25N3O4S/c1-5-12(3)21-16(24)10-14-11-28-20-22-13(4)17(19(25)26-6-2)18(23(14)20)15-8-7-9-27-15/h7-9,11-12,18H,5-6,10H2,1-4H3,(H,21,24). The summed E-state index contributed by atoms with van der Waals surface area (Å²) in [4.78, 5) is 31.6. The van der Waals surface area contributed by atoms with E-state index in [1.165, 1.54) is 11.8 Å². The van der Waals surface area contributed by atoms with E-state index in [9.17, 15) is 9.59 Å². The van der Waals surface area contributed by atoms with Gasteiger partial charge in [-0.25, -0.2) is 9.79 Å². The van der Waals surface area contributed by atoms with Crippen molar-refractivity contribution in [3.63, 3.8) is 0 Å². The van der Waals surface area contributed by atoms with Gasteiger partial charge in [0, 0.05) is 11.7 Å². The third kappa shape index (κ3) is 4.01. The van der Waals surface area contributed by atoms with E-state index in [2.05, 4.69) is 10.3 Å². The highest BCUT2D eigenvalue weighted by molar-refractivity contribution is 8.16. The van der Waals surface area contributed by atoms with Crippen molar-refractivity contribution in [2.75, 3.05) is 6.61 Å². The summed E-state index contributed by atoms with van der Waals surface area (Å²) in [5.41, 5.74) is 1.80. The largest absolute Gasteiger partial charge is 0.467 e. The Bertz CT molecular complexity index is 842. The second kappa shape index (κ2) is 8.68. The molecule has 0 radical (unpaired) electrons. The van der Waals surface area contributed by atoms with Gasteiger partial charge in [0.1, 0.15) is 11.8 Å². The molecule has 0 saturated carbocycles. The summed E-state index contributed by atoms with van der Waals surface area (Å²) >= 11 is 1.44. The first-order chi connectivity index (χ1) is 13.5. The zero-order valence-electron chi connectivity index (χ0n) is 16.5. The monoisotopic (exact) mass is 403 g/mol. The van der Waals surface area contributed by atoms with E-state index in [4.69, 9.17) is 9.15 Å². The van der Waals surface area contributed by atoms with Crippen LogP contribution in [0.1, 0.15) is 52.3 Å². The molecule has 2 aliphatic rings. The molecule has 7 nitrogen and oxygen atoms in total. The van der Waals surface area contributed by atoms with Crippen LogP contribution in [0.2, 0.25) is 0 Å². The minimum Gasteiger partial charge on any atom is -0.467 e. The number of thioether (sulfide) groups is 1. The normalized spacial score (nSPS) is 19.7. The average molecular weight is 404 g/mol. The number of furan rings is 1. The fourth-order valence-corrected chi connectivity index (χ4v) is 4.11. The lowest BCUT2D eigenvalue weighted by Gasteiger charge is -2.34. The van der Waals surface area contributed by atoms with Crippen molar-refractivity contribution in [3.8, 4) is 0 Å². The second-order valence-electron chi connectivity index (χ2n) is 6.68. The topological polar surface area (TPSA) is 84.1 Å². The van der Waals surface area contributed by atoms with E-state index >= 15 is 0 Å². The number of allylic oxidation sites excluding steroid dienone is 1. The molecular weight excluding hydrogens is 378 g/mol. The number of nitrogens with zero attached hydrogens (tertiary/aromatic N) is 2. The first kappa shape index (κ1) is 20.3. The molecule has 1 aromatic heterocycles. The molecular formula is C20H25N3O4S. The average Bonchev–Trinajstić information content (AvgIpc) is 3.31. The Morgan fingerprint density at radius 3 is 2.86 bits per heavy atom. The molecule has 8 heteroatoms. The maximum Gasteiger partial charge on any atom is 0.338 e. The highest BCUT2D eigenvalue weighted by atomic mass is 32.2. The van der Waals surface area contributed by atoms with Gasteiger partial charge in [-0.2, -0.15) is 0 Å². The molecule has 28 heavy (non-hydrogen) atoms. The minimum atomic E-state index is -0.515. The fraction of sp³-hybridized carbons (Fsp3) is 0.450. The predicted molar refractivity (Wildman–Crippen MR) is 108 cm³/mol. The number of amidine groups is 1. The van der Waals surface area contributed by atoms with Gasteiger partial charge in [-0.1, -0.05) is 18.7 Å². The van der Waals surface area contributed by atoms with Gasteiger partial charge in [-0.05, 0) is 44.7 Å². The Morgan fingerprint density at radius 2 is 2.21 bits per heavy atom. The third-order valence-corrected chi connectivity index (χ3v) is 5.56. The number of hydrogen-bond donors (Lipinski definition) is 1. The van der Waals surface area contributed by atoms with Crippen molar-refractivity contribution < 1.29 is 18.7 Å². The lowest BCUT2D eigenvalue weighted by molar-refractivity contribution is -0.139. The highest BCUT2D eigenvalue weighted by Crippen LogP contribution is 2.44. The van der Waals surface area contributed by atoms with Gasteiger partial charge in [0.05, 0.1) is 30.6 Å². The molecule has 3 rings (SSSR count).